The van der Waals surface area contributed by atoms with Crippen LogP contribution in [-0.4, -0.2) is 9.85 Å². The van der Waals surface area contributed by atoms with Gasteiger partial charge in [0.05, 0.1) is 9.85 Å². The summed E-state index contributed by atoms with van der Waals surface area (Å²) >= 11 is 5.55. The smallest absolute Gasteiger partial charge is 0.259 e. The van der Waals surface area contributed by atoms with Crippen molar-refractivity contribution in [2.45, 2.75) is 0 Å². The fraction of sp³-hybridized carbons (Fsp3) is 0. The fourth-order valence-electron chi connectivity index (χ4n) is 0.920. The second kappa shape index (κ2) is 4.52. The Balaban J connectivity index is 3.08. The van der Waals surface area contributed by atoms with E-state index in [1.165, 1.54) is 18.2 Å². The van der Waals surface area contributed by atoms with Crippen LogP contribution in [-0.2, 0) is 0 Å². The molecular weight excluding hydrogens is 224 g/mol. The minimum Gasteiger partial charge on any atom is -0.259 e. The van der Waals surface area contributed by atoms with Crippen molar-refractivity contribution in [3.63, 3.8) is 0 Å². The highest BCUT2D eigenvalue weighted by molar-refractivity contribution is 6.32. The molecule has 0 atom stereocenters. The molecule has 0 amide bonds. The highest BCUT2D eigenvalue weighted by Crippen LogP contribution is 2.25. The van der Waals surface area contributed by atoms with Crippen molar-refractivity contribution in [3.05, 3.63) is 55.2 Å². The van der Waals surface area contributed by atoms with Gasteiger partial charge in [-0.15, -0.1) is 0 Å². The molecule has 0 unspecified atom stereocenters. The highest BCUT2D eigenvalue weighted by atomic mass is 35.5. The largest absolute Gasteiger partial charge is 0.288 e. The Bertz CT molecular complexity index is 444. The maximum Gasteiger partial charge on any atom is 0.288 e. The van der Waals surface area contributed by atoms with Gasteiger partial charge in [-0.05, 0) is 11.6 Å². The Morgan fingerprint density at radius 2 is 1.93 bits per heavy atom. The lowest BCUT2D eigenvalue weighted by Crippen LogP contribution is -1.90. The van der Waals surface area contributed by atoms with Crippen molar-refractivity contribution >= 4 is 23.4 Å². The van der Waals surface area contributed by atoms with E-state index >= 15 is 0 Å². The predicted octanol–water partition coefficient (Wildman–Crippen LogP) is 2.50. The van der Waals surface area contributed by atoms with Crippen molar-refractivity contribution in [3.8, 4) is 0 Å². The second-order valence-corrected chi connectivity index (χ2v) is 2.98. The Labute approximate surface area is 89.1 Å². The summed E-state index contributed by atoms with van der Waals surface area (Å²) in [5.41, 5.74) is 0.0740. The first-order chi connectivity index (χ1) is 7.00. The molecule has 6 nitrogen and oxygen atoms in total. The first kappa shape index (κ1) is 11.1. The summed E-state index contributed by atoms with van der Waals surface area (Å²) in [4.78, 5) is 19.2. The van der Waals surface area contributed by atoms with Crippen LogP contribution in [0.15, 0.2) is 24.4 Å². The third-order valence-electron chi connectivity index (χ3n) is 1.56. The summed E-state index contributed by atoms with van der Waals surface area (Å²) in [6.07, 6.45) is 1.86. The van der Waals surface area contributed by atoms with E-state index in [0.29, 0.717) is 11.8 Å². The maximum atomic E-state index is 10.5. The molecule has 0 saturated heterocycles. The molecule has 0 spiro atoms. The fourth-order valence-corrected chi connectivity index (χ4v) is 1.11. The van der Waals surface area contributed by atoms with Gasteiger partial charge < -0.3 is 0 Å². The molecule has 0 fully saturated rings. The molecular formula is C8H5ClN2O4. The quantitative estimate of drug-likeness (QED) is 0.587. The summed E-state index contributed by atoms with van der Waals surface area (Å²) in [5.74, 6) is 0. The Kier molecular flexibility index (Phi) is 3.35. The van der Waals surface area contributed by atoms with Gasteiger partial charge in [-0.25, -0.2) is 0 Å². The molecule has 0 radical (unpaired) electrons. The van der Waals surface area contributed by atoms with Gasteiger partial charge in [0.15, 0.2) is 0 Å². The van der Waals surface area contributed by atoms with E-state index in [2.05, 4.69) is 0 Å². The zero-order valence-corrected chi connectivity index (χ0v) is 8.05. The van der Waals surface area contributed by atoms with Gasteiger partial charge in [0.2, 0.25) is 6.20 Å². The minimum absolute atomic E-state index is 0.00162. The summed E-state index contributed by atoms with van der Waals surface area (Å²) < 4.78 is 0. The summed E-state index contributed by atoms with van der Waals surface area (Å²) in [6, 6.07) is 3.94. The number of halogens is 1. The molecule has 0 saturated carbocycles. The third-order valence-corrected chi connectivity index (χ3v) is 1.88. The van der Waals surface area contributed by atoms with Crippen molar-refractivity contribution in [1.82, 2.24) is 0 Å². The Morgan fingerprint density at radius 3 is 2.47 bits per heavy atom. The van der Waals surface area contributed by atoms with E-state index in [4.69, 9.17) is 11.6 Å². The molecule has 0 heterocycles. The van der Waals surface area contributed by atoms with Gasteiger partial charge in [-0.1, -0.05) is 17.7 Å². The molecule has 1 aromatic carbocycles. The molecule has 1 rings (SSSR count). The van der Waals surface area contributed by atoms with E-state index in [1.54, 1.807) is 0 Å². The van der Waals surface area contributed by atoms with E-state index in [0.717, 1.165) is 6.08 Å². The van der Waals surface area contributed by atoms with Gasteiger partial charge in [0.1, 0.15) is 5.02 Å². The van der Waals surface area contributed by atoms with Crippen molar-refractivity contribution < 1.29 is 9.85 Å². The number of hydrogen-bond donors (Lipinski definition) is 0. The van der Waals surface area contributed by atoms with Crippen LogP contribution in [0.5, 0.6) is 0 Å². The average molecular weight is 229 g/mol. The molecule has 0 aliphatic heterocycles. The van der Waals surface area contributed by atoms with Crippen LogP contribution in [0.1, 0.15) is 5.56 Å². The number of nitro groups is 2. The van der Waals surface area contributed by atoms with Gasteiger partial charge >= 0.3 is 0 Å². The first-order valence-electron chi connectivity index (χ1n) is 3.76. The second-order valence-electron chi connectivity index (χ2n) is 2.57. The number of rotatable bonds is 3. The van der Waals surface area contributed by atoms with E-state index in [9.17, 15) is 20.2 Å². The van der Waals surface area contributed by atoms with E-state index < -0.39 is 9.85 Å². The predicted molar refractivity (Wildman–Crippen MR) is 54.1 cm³/mol. The Morgan fingerprint density at radius 1 is 1.27 bits per heavy atom. The molecule has 0 aromatic heterocycles. The molecule has 1 aromatic rings. The maximum absolute atomic E-state index is 10.5. The molecule has 7 heteroatoms. The van der Waals surface area contributed by atoms with Crippen LogP contribution >= 0.6 is 11.6 Å². The Hall–Kier alpha value is -1.95. The van der Waals surface area contributed by atoms with E-state index in [1.807, 2.05) is 0 Å². The standard InChI is InChI=1S/C8H5ClN2O4/c9-7-2-1-6(3-4-10(12)13)5-8(7)11(14)15/h1-5H. The van der Waals surface area contributed by atoms with Gasteiger partial charge in [-0.3, -0.25) is 20.2 Å². The summed E-state index contributed by atoms with van der Waals surface area (Å²) in [6.45, 7) is 0. The van der Waals surface area contributed by atoms with Gasteiger partial charge in [-0.2, -0.15) is 0 Å². The molecule has 15 heavy (non-hydrogen) atoms. The lowest BCUT2D eigenvalue weighted by atomic mass is 10.2. The summed E-state index contributed by atoms with van der Waals surface area (Å²) in [7, 11) is 0. The van der Waals surface area contributed by atoms with Gasteiger partial charge in [0, 0.05) is 12.1 Å². The highest BCUT2D eigenvalue weighted by Gasteiger charge is 2.11. The molecule has 0 bridgehead atoms. The van der Waals surface area contributed by atoms with Crippen molar-refractivity contribution in [2.24, 2.45) is 0 Å². The number of nitro benzene ring substituents is 1. The van der Waals surface area contributed by atoms with Gasteiger partial charge in [0.25, 0.3) is 5.69 Å². The monoisotopic (exact) mass is 228 g/mol. The average Bonchev–Trinajstić information content (AvgIpc) is 2.16. The number of hydrogen-bond acceptors (Lipinski definition) is 4. The molecule has 78 valence electrons. The third kappa shape index (κ3) is 3.03. The molecule has 0 N–H and O–H groups in total. The van der Waals surface area contributed by atoms with Crippen LogP contribution in [0.25, 0.3) is 6.08 Å². The number of benzene rings is 1. The van der Waals surface area contributed by atoms with Crippen LogP contribution in [0.2, 0.25) is 5.02 Å². The van der Waals surface area contributed by atoms with Crippen LogP contribution < -0.4 is 0 Å². The van der Waals surface area contributed by atoms with Crippen LogP contribution in [0.3, 0.4) is 0 Å². The number of nitrogens with zero attached hydrogens (tertiary/aromatic N) is 2. The van der Waals surface area contributed by atoms with Crippen molar-refractivity contribution in [1.29, 1.82) is 0 Å². The van der Waals surface area contributed by atoms with Crippen molar-refractivity contribution in [2.75, 3.05) is 0 Å². The molecule has 0 aliphatic rings. The zero-order valence-electron chi connectivity index (χ0n) is 7.29. The first-order valence-corrected chi connectivity index (χ1v) is 4.14. The normalized spacial score (nSPS) is 10.5. The van der Waals surface area contributed by atoms with Crippen LogP contribution in [0, 0.1) is 20.2 Å². The lowest BCUT2D eigenvalue weighted by molar-refractivity contribution is -0.400. The van der Waals surface area contributed by atoms with Crippen LogP contribution in [0.4, 0.5) is 5.69 Å². The SMILES string of the molecule is O=[N+]([O-])C=Cc1ccc(Cl)c([N+](=O)[O-])c1. The molecule has 0 aliphatic carbocycles. The minimum atomic E-state index is -0.652. The summed E-state index contributed by atoms with van der Waals surface area (Å²) in [5, 5.41) is 20.5. The lowest BCUT2D eigenvalue weighted by Gasteiger charge is -1.95. The van der Waals surface area contributed by atoms with E-state index in [-0.39, 0.29) is 10.7 Å². The zero-order chi connectivity index (χ0) is 11.4. The topological polar surface area (TPSA) is 86.3 Å².